The first-order valence-corrected chi connectivity index (χ1v) is 6.43. The molecular weight excluding hydrogens is 194 g/mol. The molecule has 0 aliphatic heterocycles. The van der Waals surface area contributed by atoms with Crippen molar-refractivity contribution in [3.05, 3.63) is 35.9 Å². The molecule has 1 rings (SSSR count). The summed E-state index contributed by atoms with van der Waals surface area (Å²) in [6.07, 6.45) is 1.25. The van der Waals surface area contributed by atoms with Gasteiger partial charge in [0.2, 0.25) is 0 Å². The standard InChI is InChI=1S/C15H25N/c1-5-16-13(4)15(11-12(2)3)14-9-7-6-8-10-14/h6-10,12-13,15-16H,5,11H2,1-4H3. The van der Waals surface area contributed by atoms with E-state index in [2.05, 4.69) is 63.3 Å². The van der Waals surface area contributed by atoms with Crippen LogP contribution in [0.2, 0.25) is 0 Å². The lowest BCUT2D eigenvalue weighted by Crippen LogP contribution is -2.32. The van der Waals surface area contributed by atoms with Gasteiger partial charge in [0.1, 0.15) is 0 Å². The maximum Gasteiger partial charge on any atom is 0.0107 e. The van der Waals surface area contributed by atoms with Crippen molar-refractivity contribution < 1.29 is 0 Å². The van der Waals surface area contributed by atoms with Crippen LogP contribution in [0.25, 0.3) is 0 Å². The largest absolute Gasteiger partial charge is 0.314 e. The number of nitrogens with one attached hydrogen (secondary N) is 1. The summed E-state index contributed by atoms with van der Waals surface area (Å²) in [6, 6.07) is 11.4. The van der Waals surface area contributed by atoms with Gasteiger partial charge in [-0.1, -0.05) is 51.1 Å². The third kappa shape index (κ3) is 3.97. The minimum Gasteiger partial charge on any atom is -0.314 e. The summed E-state index contributed by atoms with van der Waals surface area (Å²) >= 11 is 0. The van der Waals surface area contributed by atoms with Gasteiger partial charge in [-0.2, -0.15) is 0 Å². The van der Waals surface area contributed by atoms with Crippen LogP contribution in [0.5, 0.6) is 0 Å². The highest BCUT2D eigenvalue weighted by molar-refractivity contribution is 5.21. The van der Waals surface area contributed by atoms with E-state index in [1.165, 1.54) is 12.0 Å². The van der Waals surface area contributed by atoms with Gasteiger partial charge in [0, 0.05) is 6.04 Å². The molecule has 90 valence electrons. The van der Waals surface area contributed by atoms with E-state index in [-0.39, 0.29) is 0 Å². The van der Waals surface area contributed by atoms with E-state index in [9.17, 15) is 0 Å². The van der Waals surface area contributed by atoms with Crippen LogP contribution in [0, 0.1) is 5.92 Å². The van der Waals surface area contributed by atoms with Crippen molar-refractivity contribution in [2.24, 2.45) is 5.92 Å². The zero-order chi connectivity index (χ0) is 12.0. The van der Waals surface area contributed by atoms with E-state index in [0.29, 0.717) is 12.0 Å². The summed E-state index contributed by atoms with van der Waals surface area (Å²) in [5.41, 5.74) is 1.46. The van der Waals surface area contributed by atoms with Gasteiger partial charge in [-0.05, 0) is 37.3 Å². The van der Waals surface area contributed by atoms with Crippen molar-refractivity contribution in [1.82, 2.24) is 5.32 Å². The fraction of sp³-hybridized carbons (Fsp3) is 0.600. The molecule has 2 atom stereocenters. The van der Waals surface area contributed by atoms with Crippen molar-refractivity contribution in [2.45, 2.75) is 46.1 Å². The van der Waals surface area contributed by atoms with Gasteiger partial charge in [0.05, 0.1) is 0 Å². The van der Waals surface area contributed by atoms with Crippen LogP contribution in [-0.2, 0) is 0 Å². The molecule has 0 heterocycles. The minimum absolute atomic E-state index is 0.551. The average molecular weight is 219 g/mol. The van der Waals surface area contributed by atoms with Gasteiger partial charge in [0.15, 0.2) is 0 Å². The van der Waals surface area contributed by atoms with Crippen molar-refractivity contribution in [3.63, 3.8) is 0 Å². The Balaban J connectivity index is 2.78. The van der Waals surface area contributed by atoms with Gasteiger partial charge in [-0.25, -0.2) is 0 Å². The highest BCUT2D eigenvalue weighted by atomic mass is 14.9. The molecule has 0 aliphatic carbocycles. The van der Waals surface area contributed by atoms with E-state index >= 15 is 0 Å². The SMILES string of the molecule is CCNC(C)C(CC(C)C)c1ccccc1. The van der Waals surface area contributed by atoms with E-state index in [1.807, 2.05) is 0 Å². The summed E-state index contributed by atoms with van der Waals surface area (Å²) in [6.45, 7) is 10.1. The number of hydrogen-bond acceptors (Lipinski definition) is 1. The van der Waals surface area contributed by atoms with Gasteiger partial charge in [0.25, 0.3) is 0 Å². The van der Waals surface area contributed by atoms with Crippen LogP contribution in [0.4, 0.5) is 0 Å². The van der Waals surface area contributed by atoms with E-state index in [4.69, 9.17) is 0 Å². The van der Waals surface area contributed by atoms with Crippen LogP contribution >= 0.6 is 0 Å². The van der Waals surface area contributed by atoms with Crippen LogP contribution in [0.1, 0.15) is 45.6 Å². The second kappa shape index (κ2) is 6.70. The molecule has 1 nitrogen and oxygen atoms in total. The molecular formula is C15H25N. The van der Waals surface area contributed by atoms with Crippen LogP contribution in [0.3, 0.4) is 0 Å². The lowest BCUT2D eigenvalue weighted by atomic mass is 9.85. The number of likely N-dealkylation sites (N-methyl/N-ethyl adjacent to an activating group) is 1. The second-order valence-electron chi connectivity index (χ2n) is 4.99. The molecule has 0 saturated heterocycles. The molecule has 0 radical (unpaired) electrons. The van der Waals surface area contributed by atoms with Crippen molar-refractivity contribution in [2.75, 3.05) is 6.54 Å². The van der Waals surface area contributed by atoms with Crippen LogP contribution < -0.4 is 5.32 Å². The van der Waals surface area contributed by atoms with E-state index < -0.39 is 0 Å². The first-order chi connectivity index (χ1) is 7.65. The monoisotopic (exact) mass is 219 g/mol. The molecule has 0 aromatic heterocycles. The predicted octanol–water partition coefficient (Wildman–Crippen LogP) is 3.81. The summed E-state index contributed by atoms with van der Waals surface area (Å²) in [5, 5.41) is 3.55. The first-order valence-electron chi connectivity index (χ1n) is 6.43. The third-order valence-corrected chi connectivity index (χ3v) is 3.08. The number of benzene rings is 1. The van der Waals surface area contributed by atoms with Crippen molar-refractivity contribution in [1.29, 1.82) is 0 Å². The number of rotatable bonds is 6. The molecule has 1 N–H and O–H groups in total. The third-order valence-electron chi connectivity index (χ3n) is 3.08. The summed E-state index contributed by atoms with van der Waals surface area (Å²) in [5.74, 6) is 1.37. The fourth-order valence-electron chi connectivity index (χ4n) is 2.30. The first kappa shape index (κ1) is 13.2. The molecule has 1 heteroatoms. The smallest absolute Gasteiger partial charge is 0.0107 e. The van der Waals surface area contributed by atoms with Crippen LogP contribution in [0.15, 0.2) is 30.3 Å². The Hall–Kier alpha value is -0.820. The minimum atomic E-state index is 0.551. The molecule has 2 unspecified atom stereocenters. The maximum atomic E-state index is 3.55. The molecule has 0 aliphatic rings. The van der Waals surface area contributed by atoms with Crippen molar-refractivity contribution >= 4 is 0 Å². The molecule has 0 spiro atoms. The van der Waals surface area contributed by atoms with Gasteiger partial charge < -0.3 is 5.32 Å². The quantitative estimate of drug-likeness (QED) is 0.767. The molecule has 0 saturated carbocycles. The lowest BCUT2D eigenvalue weighted by Gasteiger charge is -2.26. The Labute approximate surface area is 100 Å². The Morgan fingerprint density at radius 3 is 2.19 bits per heavy atom. The predicted molar refractivity (Wildman–Crippen MR) is 71.8 cm³/mol. The highest BCUT2D eigenvalue weighted by Gasteiger charge is 2.19. The van der Waals surface area contributed by atoms with Crippen LogP contribution in [-0.4, -0.2) is 12.6 Å². The van der Waals surface area contributed by atoms with Gasteiger partial charge in [-0.15, -0.1) is 0 Å². The number of hydrogen-bond donors (Lipinski definition) is 1. The Morgan fingerprint density at radius 2 is 1.69 bits per heavy atom. The zero-order valence-corrected chi connectivity index (χ0v) is 11.0. The van der Waals surface area contributed by atoms with Crippen molar-refractivity contribution in [3.8, 4) is 0 Å². The summed E-state index contributed by atoms with van der Waals surface area (Å²) in [7, 11) is 0. The molecule has 16 heavy (non-hydrogen) atoms. The normalized spacial score (nSPS) is 15.1. The maximum absolute atomic E-state index is 3.55. The average Bonchev–Trinajstić information content (AvgIpc) is 2.27. The summed E-state index contributed by atoms with van der Waals surface area (Å²) in [4.78, 5) is 0. The van der Waals surface area contributed by atoms with E-state index in [0.717, 1.165) is 12.5 Å². The Morgan fingerprint density at radius 1 is 1.06 bits per heavy atom. The summed E-state index contributed by atoms with van der Waals surface area (Å²) < 4.78 is 0. The topological polar surface area (TPSA) is 12.0 Å². The Kier molecular flexibility index (Phi) is 5.54. The molecule has 0 amide bonds. The molecule has 1 aromatic carbocycles. The zero-order valence-electron chi connectivity index (χ0n) is 11.0. The second-order valence-corrected chi connectivity index (χ2v) is 4.99. The highest BCUT2D eigenvalue weighted by Crippen LogP contribution is 2.26. The molecule has 0 bridgehead atoms. The fourth-order valence-corrected chi connectivity index (χ4v) is 2.30. The van der Waals surface area contributed by atoms with Gasteiger partial charge >= 0.3 is 0 Å². The Bertz CT molecular complexity index is 279. The molecule has 1 aromatic rings. The van der Waals surface area contributed by atoms with E-state index in [1.54, 1.807) is 0 Å². The molecule has 0 fully saturated rings. The lowest BCUT2D eigenvalue weighted by molar-refractivity contribution is 0.401. The van der Waals surface area contributed by atoms with Gasteiger partial charge in [-0.3, -0.25) is 0 Å².